The predicted molar refractivity (Wildman–Crippen MR) is 93.2 cm³/mol. The fourth-order valence-electron chi connectivity index (χ4n) is 1.61. The first-order valence-electron chi connectivity index (χ1n) is 6.34. The maximum Gasteiger partial charge on any atom is 0.269 e. The Hall–Kier alpha value is -1.42. The van der Waals surface area contributed by atoms with E-state index in [2.05, 4.69) is 15.6 Å². The quantitative estimate of drug-likeness (QED) is 0.180. The molecule has 21 heavy (non-hydrogen) atoms. The molecule has 0 bridgehead atoms. The minimum Gasteiger partial charge on any atom is -0.385 e. The fraction of sp³-hybridized carbons (Fsp3) is 0.462. The number of nitrogens with one attached hydrogen (secondary N) is 2. The number of hydrogen-bond donors (Lipinski definition) is 2. The average Bonchev–Trinajstić information content (AvgIpc) is 2.47. The van der Waals surface area contributed by atoms with Crippen LogP contribution in [0.2, 0.25) is 0 Å². The summed E-state index contributed by atoms with van der Waals surface area (Å²) in [5, 5.41) is 16.9. The van der Waals surface area contributed by atoms with Crippen molar-refractivity contribution in [3.8, 4) is 0 Å². The van der Waals surface area contributed by atoms with Crippen LogP contribution in [0, 0.1) is 10.1 Å². The maximum absolute atomic E-state index is 10.7. The Kier molecular flexibility index (Phi) is 10.5. The van der Waals surface area contributed by atoms with Crippen LogP contribution in [0.15, 0.2) is 29.3 Å². The molecule has 0 fully saturated rings. The number of non-ortho nitro benzene ring substituents is 1. The van der Waals surface area contributed by atoms with Gasteiger partial charge in [0.1, 0.15) is 0 Å². The number of nitro benzene ring substituents is 1. The molecule has 0 aliphatic carbocycles. The summed E-state index contributed by atoms with van der Waals surface area (Å²) in [6, 6.07) is 6.52. The Morgan fingerprint density at radius 1 is 1.43 bits per heavy atom. The zero-order chi connectivity index (χ0) is 14.8. The van der Waals surface area contributed by atoms with Crippen molar-refractivity contribution in [3.63, 3.8) is 0 Å². The van der Waals surface area contributed by atoms with Gasteiger partial charge in [0.25, 0.3) is 5.69 Å². The molecular weight excluding hydrogens is 387 g/mol. The van der Waals surface area contributed by atoms with Gasteiger partial charge >= 0.3 is 0 Å². The van der Waals surface area contributed by atoms with Gasteiger partial charge in [-0.1, -0.05) is 12.1 Å². The van der Waals surface area contributed by atoms with Gasteiger partial charge in [-0.15, -0.1) is 24.0 Å². The summed E-state index contributed by atoms with van der Waals surface area (Å²) in [5.74, 6) is 0.660. The van der Waals surface area contributed by atoms with Crippen molar-refractivity contribution in [3.05, 3.63) is 39.9 Å². The summed E-state index contributed by atoms with van der Waals surface area (Å²) in [6.45, 7) is 1.92. The predicted octanol–water partition coefficient (Wildman–Crippen LogP) is 1.91. The van der Waals surface area contributed by atoms with Crippen molar-refractivity contribution < 1.29 is 9.66 Å². The van der Waals surface area contributed by atoms with Crippen molar-refractivity contribution in [1.82, 2.24) is 10.6 Å². The third-order valence-corrected chi connectivity index (χ3v) is 2.62. The summed E-state index contributed by atoms with van der Waals surface area (Å²) in [5.41, 5.74) is 0.923. The van der Waals surface area contributed by atoms with E-state index in [0.717, 1.165) is 18.5 Å². The van der Waals surface area contributed by atoms with Crippen LogP contribution >= 0.6 is 24.0 Å². The SMILES string of the molecule is CN=C(NCCCOC)NCc1cccc([N+](=O)[O-])c1.I. The standard InChI is InChI=1S/C13H20N4O3.HI/c1-14-13(15-7-4-8-20-2)16-10-11-5-3-6-12(9-11)17(18)19;/h3,5-6,9H,4,7-8,10H2,1-2H3,(H2,14,15,16);1H. The normalized spacial score (nSPS) is 10.7. The summed E-state index contributed by atoms with van der Waals surface area (Å²) in [4.78, 5) is 14.4. The first-order chi connectivity index (χ1) is 9.67. The van der Waals surface area contributed by atoms with E-state index >= 15 is 0 Å². The lowest BCUT2D eigenvalue weighted by molar-refractivity contribution is -0.384. The Morgan fingerprint density at radius 2 is 2.19 bits per heavy atom. The molecule has 1 aromatic carbocycles. The lowest BCUT2D eigenvalue weighted by Crippen LogP contribution is -2.37. The van der Waals surface area contributed by atoms with Gasteiger partial charge < -0.3 is 15.4 Å². The molecule has 0 unspecified atom stereocenters. The molecule has 8 heteroatoms. The van der Waals surface area contributed by atoms with Crippen LogP contribution in [0.3, 0.4) is 0 Å². The van der Waals surface area contributed by atoms with Crippen molar-refractivity contribution in [2.75, 3.05) is 27.3 Å². The third-order valence-electron chi connectivity index (χ3n) is 2.62. The Bertz CT molecular complexity index is 468. The fourth-order valence-corrected chi connectivity index (χ4v) is 1.61. The van der Waals surface area contributed by atoms with Gasteiger partial charge in [0.15, 0.2) is 5.96 Å². The second-order valence-electron chi connectivity index (χ2n) is 4.13. The molecule has 2 N–H and O–H groups in total. The van der Waals surface area contributed by atoms with Crippen LogP contribution < -0.4 is 10.6 Å². The number of ether oxygens (including phenoxy) is 1. The molecule has 0 amide bonds. The molecule has 1 aromatic rings. The summed E-state index contributed by atoms with van der Waals surface area (Å²) >= 11 is 0. The number of nitro groups is 1. The highest BCUT2D eigenvalue weighted by Gasteiger charge is 2.05. The molecule has 0 aliphatic rings. The summed E-state index contributed by atoms with van der Waals surface area (Å²) in [7, 11) is 3.34. The lowest BCUT2D eigenvalue weighted by atomic mass is 10.2. The van der Waals surface area contributed by atoms with Gasteiger partial charge in [-0.25, -0.2) is 0 Å². The van der Waals surface area contributed by atoms with E-state index in [4.69, 9.17) is 4.74 Å². The molecule has 0 spiro atoms. The zero-order valence-electron chi connectivity index (χ0n) is 12.2. The maximum atomic E-state index is 10.7. The summed E-state index contributed by atoms with van der Waals surface area (Å²) < 4.78 is 4.96. The first-order valence-corrected chi connectivity index (χ1v) is 6.34. The van der Waals surface area contributed by atoms with E-state index in [0.29, 0.717) is 19.1 Å². The van der Waals surface area contributed by atoms with Gasteiger partial charge in [0.2, 0.25) is 0 Å². The van der Waals surface area contributed by atoms with Crippen LogP contribution in [0.25, 0.3) is 0 Å². The number of benzene rings is 1. The molecular formula is C13H21IN4O3. The van der Waals surface area contributed by atoms with Gasteiger partial charge in [-0.3, -0.25) is 15.1 Å². The van der Waals surface area contributed by atoms with E-state index in [-0.39, 0.29) is 29.7 Å². The first kappa shape index (κ1) is 19.6. The van der Waals surface area contributed by atoms with E-state index in [1.165, 1.54) is 6.07 Å². The molecule has 118 valence electrons. The lowest BCUT2D eigenvalue weighted by Gasteiger charge is -2.11. The molecule has 0 aromatic heterocycles. The molecule has 0 radical (unpaired) electrons. The number of methoxy groups -OCH3 is 1. The largest absolute Gasteiger partial charge is 0.385 e. The van der Waals surface area contributed by atoms with Crippen molar-refractivity contribution in [2.45, 2.75) is 13.0 Å². The Balaban J connectivity index is 0.00000400. The van der Waals surface area contributed by atoms with Crippen molar-refractivity contribution in [1.29, 1.82) is 0 Å². The van der Waals surface area contributed by atoms with Crippen LogP contribution in [0.5, 0.6) is 0 Å². The zero-order valence-corrected chi connectivity index (χ0v) is 14.5. The number of rotatable bonds is 7. The average molecular weight is 408 g/mol. The van der Waals surface area contributed by atoms with E-state index in [1.807, 2.05) is 6.07 Å². The van der Waals surface area contributed by atoms with Crippen LogP contribution in [-0.2, 0) is 11.3 Å². The molecule has 0 saturated carbocycles. The highest BCUT2D eigenvalue weighted by atomic mass is 127. The highest BCUT2D eigenvalue weighted by molar-refractivity contribution is 14.0. The minimum absolute atomic E-state index is 0. The van der Waals surface area contributed by atoms with Crippen molar-refractivity contribution >= 4 is 35.6 Å². The topological polar surface area (TPSA) is 88.8 Å². The van der Waals surface area contributed by atoms with Gasteiger partial charge in [-0.2, -0.15) is 0 Å². The number of halogens is 1. The molecule has 7 nitrogen and oxygen atoms in total. The smallest absolute Gasteiger partial charge is 0.269 e. The van der Waals surface area contributed by atoms with Crippen LogP contribution in [0.4, 0.5) is 5.69 Å². The Labute approximate surface area is 141 Å². The van der Waals surface area contributed by atoms with Crippen molar-refractivity contribution in [2.24, 2.45) is 4.99 Å². The number of aliphatic imine (C=N–C) groups is 1. The molecule has 0 atom stereocenters. The van der Waals surface area contributed by atoms with E-state index < -0.39 is 4.92 Å². The second kappa shape index (κ2) is 11.3. The minimum atomic E-state index is -0.401. The van der Waals surface area contributed by atoms with E-state index in [1.54, 1.807) is 26.3 Å². The molecule has 0 saturated heterocycles. The Morgan fingerprint density at radius 3 is 2.81 bits per heavy atom. The summed E-state index contributed by atoms with van der Waals surface area (Å²) in [6.07, 6.45) is 0.883. The number of guanidine groups is 1. The van der Waals surface area contributed by atoms with Gasteiger partial charge in [0, 0.05) is 46.0 Å². The highest BCUT2D eigenvalue weighted by Crippen LogP contribution is 2.12. The number of nitrogens with zero attached hydrogens (tertiary/aromatic N) is 2. The molecule has 0 heterocycles. The van der Waals surface area contributed by atoms with Gasteiger partial charge in [0.05, 0.1) is 4.92 Å². The van der Waals surface area contributed by atoms with E-state index in [9.17, 15) is 10.1 Å². The van der Waals surface area contributed by atoms with Gasteiger partial charge in [-0.05, 0) is 12.0 Å². The monoisotopic (exact) mass is 408 g/mol. The van der Waals surface area contributed by atoms with Crippen LogP contribution in [0.1, 0.15) is 12.0 Å². The molecule has 0 aliphatic heterocycles. The second-order valence-corrected chi connectivity index (χ2v) is 4.13. The third kappa shape index (κ3) is 7.81. The van der Waals surface area contributed by atoms with Crippen LogP contribution in [-0.4, -0.2) is 38.2 Å². The molecule has 1 rings (SSSR count). The number of hydrogen-bond acceptors (Lipinski definition) is 4.